The van der Waals surface area contributed by atoms with Crippen LogP contribution in [0.4, 0.5) is 0 Å². The van der Waals surface area contributed by atoms with Gasteiger partial charge in [-0.15, -0.1) is 0 Å². The summed E-state index contributed by atoms with van der Waals surface area (Å²) in [7, 11) is 1.65. The summed E-state index contributed by atoms with van der Waals surface area (Å²) in [6, 6.07) is 7.98. The molecule has 3 nitrogen and oxygen atoms in total. The van der Waals surface area contributed by atoms with E-state index in [1.807, 2.05) is 18.2 Å². The summed E-state index contributed by atoms with van der Waals surface area (Å²) >= 11 is 0. The smallest absolute Gasteiger partial charge is 0.306 e. The van der Waals surface area contributed by atoms with Crippen LogP contribution in [0, 0.1) is 5.92 Å². The lowest BCUT2D eigenvalue weighted by molar-refractivity contribution is -0.142. The maximum atomic E-state index is 11.0. The van der Waals surface area contributed by atoms with Crippen molar-refractivity contribution in [1.82, 2.24) is 0 Å². The topological polar surface area (TPSA) is 46.5 Å². The summed E-state index contributed by atoms with van der Waals surface area (Å²) in [4.78, 5) is 11.0. The lowest BCUT2D eigenvalue weighted by atomic mass is 9.78. The summed E-state index contributed by atoms with van der Waals surface area (Å²) in [5.74, 6) is 0.373. The molecule has 92 valence electrons. The van der Waals surface area contributed by atoms with Crippen molar-refractivity contribution < 1.29 is 14.6 Å². The van der Waals surface area contributed by atoms with Crippen molar-refractivity contribution in [2.75, 3.05) is 7.11 Å². The van der Waals surface area contributed by atoms with E-state index in [9.17, 15) is 4.79 Å². The van der Waals surface area contributed by atoms with E-state index < -0.39 is 5.97 Å². The van der Waals surface area contributed by atoms with Crippen LogP contribution in [-0.2, 0) is 4.79 Å². The number of carboxylic acids is 1. The molecule has 1 fully saturated rings. The average Bonchev–Trinajstić information content (AvgIpc) is 2.39. The van der Waals surface area contributed by atoms with Crippen LogP contribution >= 0.6 is 0 Å². The van der Waals surface area contributed by atoms with Crippen LogP contribution in [0.15, 0.2) is 24.3 Å². The molecule has 1 saturated carbocycles. The number of methoxy groups -OCH3 is 1. The molecule has 1 N–H and O–H groups in total. The Morgan fingerprint density at radius 2 is 2.24 bits per heavy atom. The molecule has 3 heteroatoms. The summed E-state index contributed by atoms with van der Waals surface area (Å²) in [5.41, 5.74) is 1.20. The molecule has 1 aliphatic carbocycles. The second kappa shape index (κ2) is 5.21. The average molecular weight is 234 g/mol. The molecule has 0 aromatic heterocycles. The van der Waals surface area contributed by atoms with Crippen molar-refractivity contribution in [2.24, 2.45) is 5.92 Å². The fourth-order valence-electron chi connectivity index (χ4n) is 2.61. The fourth-order valence-corrected chi connectivity index (χ4v) is 2.61. The Morgan fingerprint density at radius 3 is 2.94 bits per heavy atom. The Kier molecular flexibility index (Phi) is 3.67. The Bertz CT molecular complexity index is 400. The number of carbonyl (C=O) groups is 1. The number of ether oxygens (including phenoxy) is 1. The third-order valence-electron chi connectivity index (χ3n) is 3.59. The largest absolute Gasteiger partial charge is 0.497 e. The molecule has 0 saturated heterocycles. The van der Waals surface area contributed by atoms with Crippen LogP contribution < -0.4 is 4.74 Å². The molecule has 17 heavy (non-hydrogen) atoms. The lowest BCUT2D eigenvalue weighted by Gasteiger charge is -2.27. The lowest BCUT2D eigenvalue weighted by Crippen LogP contribution is -2.21. The van der Waals surface area contributed by atoms with Gasteiger partial charge in [0, 0.05) is 0 Å². The Morgan fingerprint density at radius 1 is 1.41 bits per heavy atom. The predicted molar refractivity (Wildman–Crippen MR) is 65.3 cm³/mol. The van der Waals surface area contributed by atoms with Gasteiger partial charge >= 0.3 is 5.97 Å². The van der Waals surface area contributed by atoms with Crippen molar-refractivity contribution in [3.63, 3.8) is 0 Å². The third-order valence-corrected chi connectivity index (χ3v) is 3.59. The van der Waals surface area contributed by atoms with Crippen molar-refractivity contribution in [2.45, 2.75) is 31.6 Å². The Balaban J connectivity index is 2.13. The molecule has 0 aliphatic heterocycles. The first-order valence-corrected chi connectivity index (χ1v) is 6.07. The molecule has 2 atom stereocenters. The van der Waals surface area contributed by atoms with Gasteiger partial charge in [-0.2, -0.15) is 0 Å². The molecule has 2 unspecified atom stereocenters. The maximum absolute atomic E-state index is 11.0. The van der Waals surface area contributed by atoms with E-state index in [0.717, 1.165) is 31.4 Å². The maximum Gasteiger partial charge on any atom is 0.306 e. The molecule has 0 bridgehead atoms. The third kappa shape index (κ3) is 2.78. The van der Waals surface area contributed by atoms with Crippen molar-refractivity contribution >= 4 is 5.97 Å². The van der Waals surface area contributed by atoms with Gasteiger partial charge in [-0.05, 0) is 42.9 Å². The number of hydrogen-bond donors (Lipinski definition) is 1. The normalized spacial score (nSPS) is 24.3. The molecule has 1 aromatic carbocycles. The van der Waals surface area contributed by atoms with Crippen LogP contribution in [0.2, 0.25) is 0 Å². The first-order valence-electron chi connectivity index (χ1n) is 6.07. The molecular weight excluding hydrogens is 216 g/mol. The highest BCUT2D eigenvalue weighted by atomic mass is 16.5. The van der Waals surface area contributed by atoms with Crippen molar-refractivity contribution in [1.29, 1.82) is 0 Å². The molecule has 0 amide bonds. The Hall–Kier alpha value is -1.51. The van der Waals surface area contributed by atoms with E-state index in [4.69, 9.17) is 9.84 Å². The van der Waals surface area contributed by atoms with E-state index in [1.54, 1.807) is 7.11 Å². The number of benzene rings is 1. The standard InChI is InChI=1S/C14H18O3/c1-17-13-7-3-5-11(9-13)10-4-2-6-12(8-10)14(15)16/h3,5,7,9-10,12H,2,4,6,8H2,1H3,(H,15,16). The summed E-state index contributed by atoms with van der Waals surface area (Å²) < 4.78 is 5.20. The quantitative estimate of drug-likeness (QED) is 0.874. The van der Waals surface area contributed by atoms with Crippen LogP contribution in [-0.4, -0.2) is 18.2 Å². The van der Waals surface area contributed by atoms with Gasteiger partial charge in [0.05, 0.1) is 13.0 Å². The summed E-state index contributed by atoms with van der Waals surface area (Å²) in [5, 5.41) is 9.08. The highest BCUT2D eigenvalue weighted by molar-refractivity contribution is 5.70. The molecule has 0 spiro atoms. The van der Waals surface area contributed by atoms with E-state index >= 15 is 0 Å². The second-order valence-electron chi connectivity index (χ2n) is 4.68. The Labute approximate surface area is 101 Å². The van der Waals surface area contributed by atoms with Crippen LogP contribution in [0.3, 0.4) is 0 Å². The molecule has 0 radical (unpaired) electrons. The number of rotatable bonds is 3. The van der Waals surface area contributed by atoms with Crippen LogP contribution in [0.5, 0.6) is 5.75 Å². The van der Waals surface area contributed by atoms with Gasteiger partial charge in [0.1, 0.15) is 5.75 Å². The minimum absolute atomic E-state index is 0.181. The first-order chi connectivity index (χ1) is 8.20. The van der Waals surface area contributed by atoms with Crippen molar-refractivity contribution in [3.05, 3.63) is 29.8 Å². The first kappa shape index (κ1) is 12.0. The molecule has 1 aromatic rings. The zero-order chi connectivity index (χ0) is 12.3. The van der Waals surface area contributed by atoms with E-state index in [1.165, 1.54) is 5.56 Å². The molecule has 2 rings (SSSR count). The molecular formula is C14H18O3. The minimum Gasteiger partial charge on any atom is -0.497 e. The zero-order valence-electron chi connectivity index (χ0n) is 10.1. The molecule has 1 aliphatic rings. The van der Waals surface area contributed by atoms with Gasteiger partial charge in [0.2, 0.25) is 0 Å². The van der Waals surface area contributed by atoms with Gasteiger partial charge in [0.25, 0.3) is 0 Å². The zero-order valence-corrected chi connectivity index (χ0v) is 10.1. The van der Waals surface area contributed by atoms with Crippen LogP contribution in [0.25, 0.3) is 0 Å². The number of carboxylic acid groups (broad SMARTS) is 1. The summed E-state index contributed by atoms with van der Waals surface area (Å²) in [6.45, 7) is 0. The number of hydrogen-bond acceptors (Lipinski definition) is 2. The minimum atomic E-state index is -0.655. The van der Waals surface area contributed by atoms with Gasteiger partial charge in [-0.3, -0.25) is 4.79 Å². The van der Waals surface area contributed by atoms with Crippen LogP contribution in [0.1, 0.15) is 37.2 Å². The SMILES string of the molecule is COc1cccc(C2CCCC(C(=O)O)C2)c1. The summed E-state index contributed by atoms with van der Waals surface area (Å²) in [6.07, 6.45) is 3.65. The molecule has 0 heterocycles. The van der Waals surface area contributed by atoms with Gasteiger partial charge in [0.15, 0.2) is 0 Å². The number of aliphatic carboxylic acids is 1. The van der Waals surface area contributed by atoms with Gasteiger partial charge < -0.3 is 9.84 Å². The van der Waals surface area contributed by atoms with E-state index in [0.29, 0.717) is 5.92 Å². The highest BCUT2D eigenvalue weighted by Gasteiger charge is 2.27. The van der Waals surface area contributed by atoms with E-state index in [-0.39, 0.29) is 5.92 Å². The predicted octanol–water partition coefficient (Wildman–Crippen LogP) is 3.05. The van der Waals surface area contributed by atoms with E-state index in [2.05, 4.69) is 6.07 Å². The van der Waals surface area contributed by atoms with Gasteiger partial charge in [-0.1, -0.05) is 18.6 Å². The second-order valence-corrected chi connectivity index (χ2v) is 4.68. The van der Waals surface area contributed by atoms with Gasteiger partial charge in [-0.25, -0.2) is 0 Å². The monoisotopic (exact) mass is 234 g/mol. The van der Waals surface area contributed by atoms with Crippen molar-refractivity contribution in [3.8, 4) is 5.75 Å². The highest BCUT2D eigenvalue weighted by Crippen LogP contribution is 2.37. The fraction of sp³-hybridized carbons (Fsp3) is 0.500.